The molecule has 84 valence electrons. The Morgan fingerprint density at radius 3 is 3.00 bits per heavy atom. The fourth-order valence-electron chi connectivity index (χ4n) is 1.47. The van der Waals surface area contributed by atoms with Gasteiger partial charge in [0.25, 0.3) is 0 Å². The van der Waals surface area contributed by atoms with Crippen LogP contribution in [0.15, 0.2) is 36.7 Å². The van der Waals surface area contributed by atoms with Crippen molar-refractivity contribution in [2.45, 2.75) is 26.3 Å². The number of anilines is 1. The third-order valence-electron chi connectivity index (χ3n) is 2.56. The Kier molecular flexibility index (Phi) is 3.19. The van der Waals surface area contributed by atoms with E-state index in [1.165, 1.54) is 0 Å². The van der Waals surface area contributed by atoms with Gasteiger partial charge in [-0.05, 0) is 31.5 Å². The first-order valence-electron chi connectivity index (χ1n) is 5.53. The topological polar surface area (TPSA) is 42.7 Å². The zero-order chi connectivity index (χ0) is 11.4. The van der Waals surface area contributed by atoms with Crippen LogP contribution in [0.5, 0.6) is 0 Å². The Labute approximate surface area is 95.3 Å². The Bertz CT molecular complexity index is 436. The zero-order valence-electron chi connectivity index (χ0n) is 9.59. The molecule has 4 nitrogen and oxygen atoms in total. The van der Waals surface area contributed by atoms with Gasteiger partial charge in [0.05, 0.1) is 18.1 Å². The van der Waals surface area contributed by atoms with Gasteiger partial charge in [-0.15, -0.1) is 5.10 Å². The van der Waals surface area contributed by atoms with Crippen LogP contribution in [0.25, 0.3) is 5.69 Å². The van der Waals surface area contributed by atoms with Gasteiger partial charge in [-0.1, -0.05) is 18.2 Å². The molecular formula is C12H16N4. The predicted octanol–water partition coefficient (Wildman–Crippen LogP) is 2.48. The molecule has 0 aliphatic heterocycles. The third-order valence-corrected chi connectivity index (χ3v) is 2.56. The fraction of sp³-hybridized carbons (Fsp3) is 0.333. The summed E-state index contributed by atoms with van der Waals surface area (Å²) in [5, 5.41) is 11.2. The molecule has 1 heterocycles. The molecule has 4 heteroatoms. The van der Waals surface area contributed by atoms with Crippen LogP contribution < -0.4 is 5.32 Å². The summed E-state index contributed by atoms with van der Waals surface area (Å²) in [5.41, 5.74) is 2.13. The van der Waals surface area contributed by atoms with E-state index in [9.17, 15) is 0 Å². The van der Waals surface area contributed by atoms with Crippen LogP contribution in [0.4, 0.5) is 5.69 Å². The van der Waals surface area contributed by atoms with Crippen molar-refractivity contribution in [2.24, 2.45) is 0 Å². The van der Waals surface area contributed by atoms with Gasteiger partial charge in [0.1, 0.15) is 0 Å². The van der Waals surface area contributed by atoms with Crippen molar-refractivity contribution < 1.29 is 0 Å². The maximum atomic E-state index is 3.97. The van der Waals surface area contributed by atoms with E-state index in [2.05, 4.69) is 41.6 Å². The summed E-state index contributed by atoms with van der Waals surface area (Å²) in [6.45, 7) is 4.33. The summed E-state index contributed by atoms with van der Waals surface area (Å²) in [7, 11) is 0. The van der Waals surface area contributed by atoms with Crippen molar-refractivity contribution in [1.82, 2.24) is 15.0 Å². The van der Waals surface area contributed by atoms with Crippen molar-refractivity contribution in [2.75, 3.05) is 5.32 Å². The molecule has 0 saturated carbocycles. The molecule has 0 spiro atoms. The van der Waals surface area contributed by atoms with Crippen LogP contribution in [-0.4, -0.2) is 21.0 Å². The van der Waals surface area contributed by atoms with Gasteiger partial charge in [0, 0.05) is 11.7 Å². The highest BCUT2D eigenvalue weighted by atomic mass is 15.4. The van der Waals surface area contributed by atoms with Gasteiger partial charge >= 0.3 is 0 Å². The lowest BCUT2D eigenvalue weighted by Crippen LogP contribution is -2.13. The minimum atomic E-state index is 0.478. The molecule has 0 bridgehead atoms. The van der Waals surface area contributed by atoms with E-state index in [0.29, 0.717) is 6.04 Å². The quantitative estimate of drug-likeness (QED) is 0.853. The van der Waals surface area contributed by atoms with Gasteiger partial charge in [0.2, 0.25) is 0 Å². The molecular weight excluding hydrogens is 200 g/mol. The molecule has 2 rings (SSSR count). The van der Waals surface area contributed by atoms with Crippen LogP contribution in [0.1, 0.15) is 20.3 Å². The summed E-state index contributed by atoms with van der Waals surface area (Å²) in [4.78, 5) is 0. The van der Waals surface area contributed by atoms with Gasteiger partial charge in [-0.25, -0.2) is 4.68 Å². The number of nitrogens with zero attached hydrogens (tertiary/aromatic N) is 3. The molecule has 1 N–H and O–H groups in total. The van der Waals surface area contributed by atoms with E-state index >= 15 is 0 Å². The minimum Gasteiger partial charge on any atom is -0.383 e. The SMILES string of the molecule is CCC(C)Nc1cccc(-n2ccnn2)c1. The third kappa shape index (κ3) is 2.39. The molecule has 0 aliphatic carbocycles. The molecule has 0 aliphatic rings. The van der Waals surface area contributed by atoms with E-state index in [0.717, 1.165) is 17.8 Å². The van der Waals surface area contributed by atoms with Crippen molar-refractivity contribution in [1.29, 1.82) is 0 Å². The number of aromatic nitrogens is 3. The summed E-state index contributed by atoms with van der Waals surface area (Å²) in [5.74, 6) is 0. The van der Waals surface area contributed by atoms with Crippen LogP contribution >= 0.6 is 0 Å². The zero-order valence-corrected chi connectivity index (χ0v) is 9.59. The van der Waals surface area contributed by atoms with Crippen molar-refractivity contribution in [3.05, 3.63) is 36.7 Å². The van der Waals surface area contributed by atoms with Crippen LogP contribution in [0, 0.1) is 0 Å². The average Bonchev–Trinajstić information content (AvgIpc) is 2.83. The summed E-state index contributed by atoms with van der Waals surface area (Å²) in [6, 6.07) is 8.64. The second-order valence-corrected chi connectivity index (χ2v) is 3.85. The molecule has 16 heavy (non-hydrogen) atoms. The molecule has 1 aromatic carbocycles. The lowest BCUT2D eigenvalue weighted by atomic mass is 10.2. The van der Waals surface area contributed by atoms with E-state index in [1.807, 2.05) is 18.3 Å². The molecule has 0 amide bonds. The highest BCUT2D eigenvalue weighted by Crippen LogP contribution is 2.14. The Morgan fingerprint density at radius 2 is 2.31 bits per heavy atom. The molecule has 1 unspecified atom stereocenters. The van der Waals surface area contributed by atoms with E-state index in [1.54, 1.807) is 10.9 Å². The smallest absolute Gasteiger partial charge is 0.0697 e. The Morgan fingerprint density at radius 1 is 1.44 bits per heavy atom. The maximum Gasteiger partial charge on any atom is 0.0697 e. The van der Waals surface area contributed by atoms with Gasteiger partial charge < -0.3 is 5.32 Å². The van der Waals surface area contributed by atoms with Gasteiger partial charge in [-0.3, -0.25) is 0 Å². The molecule has 1 aromatic heterocycles. The first-order chi connectivity index (χ1) is 7.79. The van der Waals surface area contributed by atoms with E-state index in [-0.39, 0.29) is 0 Å². The van der Waals surface area contributed by atoms with Crippen molar-refractivity contribution in [3.8, 4) is 5.69 Å². The van der Waals surface area contributed by atoms with E-state index in [4.69, 9.17) is 0 Å². The van der Waals surface area contributed by atoms with Gasteiger partial charge in [-0.2, -0.15) is 0 Å². The predicted molar refractivity (Wildman–Crippen MR) is 64.7 cm³/mol. The molecule has 0 fully saturated rings. The largest absolute Gasteiger partial charge is 0.383 e. The monoisotopic (exact) mass is 216 g/mol. The number of hydrogen-bond acceptors (Lipinski definition) is 3. The number of benzene rings is 1. The standard InChI is InChI=1S/C12H16N4/c1-3-10(2)14-11-5-4-6-12(9-11)16-8-7-13-15-16/h4-10,14H,3H2,1-2H3. The second-order valence-electron chi connectivity index (χ2n) is 3.85. The van der Waals surface area contributed by atoms with Gasteiger partial charge in [0.15, 0.2) is 0 Å². The van der Waals surface area contributed by atoms with E-state index < -0.39 is 0 Å². The normalized spacial score (nSPS) is 12.4. The fourth-order valence-corrected chi connectivity index (χ4v) is 1.47. The average molecular weight is 216 g/mol. The number of rotatable bonds is 4. The Hall–Kier alpha value is -1.84. The lowest BCUT2D eigenvalue weighted by molar-refractivity contribution is 0.762. The first-order valence-corrected chi connectivity index (χ1v) is 5.53. The number of hydrogen-bond donors (Lipinski definition) is 1. The Balaban J connectivity index is 2.20. The summed E-state index contributed by atoms with van der Waals surface area (Å²) in [6.07, 6.45) is 4.62. The highest BCUT2D eigenvalue weighted by Gasteiger charge is 2.01. The highest BCUT2D eigenvalue weighted by molar-refractivity contribution is 5.51. The van der Waals surface area contributed by atoms with Crippen LogP contribution in [0.2, 0.25) is 0 Å². The lowest BCUT2D eigenvalue weighted by Gasteiger charge is -2.13. The second kappa shape index (κ2) is 4.79. The first kappa shape index (κ1) is 10.7. The summed E-state index contributed by atoms with van der Waals surface area (Å²) >= 11 is 0. The molecule has 0 saturated heterocycles. The molecule has 2 aromatic rings. The van der Waals surface area contributed by atoms with Crippen LogP contribution in [-0.2, 0) is 0 Å². The van der Waals surface area contributed by atoms with Crippen molar-refractivity contribution >= 4 is 5.69 Å². The minimum absolute atomic E-state index is 0.478. The summed E-state index contributed by atoms with van der Waals surface area (Å²) < 4.78 is 1.75. The molecule has 1 atom stereocenters. The van der Waals surface area contributed by atoms with Crippen LogP contribution in [0.3, 0.4) is 0 Å². The molecule has 0 radical (unpaired) electrons. The maximum absolute atomic E-state index is 3.97. The number of nitrogens with one attached hydrogen (secondary N) is 1. The van der Waals surface area contributed by atoms with Crippen molar-refractivity contribution in [3.63, 3.8) is 0 Å².